The Morgan fingerprint density at radius 2 is 2.15 bits per heavy atom. The van der Waals surface area contributed by atoms with Gasteiger partial charge in [0.15, 0.2) is 5.13 Å². The minimum Gasteiger partial charge on any atom is -0.310 e. The number of carbonyl (C=O) groups excluding carboxylic acids is 2. The molecule has 0 unspecified atom stereocenters. The van der Waals surface area contributed by atoms with E-state index < -0.39 is 0 Å². The average Bonchev–Trinajstić information content (AvgIpc) is 3.29. The van der Waals surface area contributed by atoms with Gasteiger partial charge in [0, 0.05) is 35.6 Å². The van der Waals surface area contributed by atoms with Crippen LogP contribution in [0.2, 0.25) is 0 Å². The molecule has 0 aliphatic heterocycles. The lowest BCUT2D eigenvalue weighted by molar-refractivity contribution is -0.117. The predicted molar refractivity (Wildman–Crippen MR) is 105 cm³/mol. The van der Waals surface area contributed by atoms with Crippen LogP contribution in [0, 0.1) is 0 Å². The van der Waals surface area contributed by atoms with E-state index in [0.717, 1.165) is 28.1 Å². The summed E-state index contributed by atoms with van der Waals surface area (Å²) in [5.74, 6) is 0.410. The van der Waals surface area contributed by atoms with Crippen LogP contribution < -0.4 is 10.2 Å². The molecule has 0 radical (unpaired) electrons. The first-order valence-electron chi connectivity index (χ1n) is 8.26. The van der Waals surface area contributed by atoms with Crippen molar-refractivity contribution in [1.82, 2.24) is 14.9 Å². The number of rotatable bonds is 7. The zero-order valence-corrected chi connectivity index (χ0v) is 17.0. The number of likely N-dealkylation sites (N-methyl/N-ethyl adjacent to an activating group) is 1. The molecule has 1 fully saturated rings. The molecule has 2 heterocycles. The topological polar surface area (TPSA) is 78.4 Å². The van der Waals surface area contributed by atoms with Crippen LogP contribution in [0.5, 0.6) is 0 Å². The molecule has 2 aromatic heterocycles. The second-order valence-electron chi connectivity index (χ2n) is 6.32. The quantitative estimate of drug-likeness (QED) is 0.720. The Bertz CT molecular complexity index is 791. The minimum absolute atomic E-state index is 0.0307. The molecule has 3 rings (SSSR count). The number of carbonyl (C=O) groups is 2. The largest absolute Gasteiger partial charge is 0.310 e. The maximum atomic E-state index is 12.1. The van der Waals surface area contributed by atoms with Gasteiger partial charge in [0.2, 0.25) is 11.8 Å². The Balaban J connectivity index is 1.53. The van der Waals surface area contributed by atoms with Gasteiger partial charge in [0.05, 0.1) is 12.2 Å². The van der Waals surface area contributed by atoms with Gasteiger partial charge in [-0.15, -0.1) is 11.3 Å². The lowest BCUT2D eigenvalue weighted by Crippen LogP contribution is -2.31. The molecule has 2 aromatic rings. The third kappa shape index (κ3) is 5.09. The Morgan fingerprint density at radius 1 is 1.38 bits per heavy atom. The Hall–Kier alpha value is -1.84. The van der Waals surface area contributed by atoms with Crippen molar-refractivity contribution in [3.05, 3.63) is 33.9 Å². The monoisotopic (exact) mass is 437 g/mol. The summed E-state index contributed by atoms with van der Waals surface area (Å²) in [5.41, 5.74) is 0.856. The number of anilines is 2. The number of aromatic nitrogens is 2. The molecule has 0 saturated heterocycles. The van der Waals surface area contributed by atoms with Crippen LogP contribution in [0.4, 0.5) is 10.9 Å². The summed E-state index contributed by atoms with van der Waals surface area (Å²) in [5, 5.41) is 5.45. The number of hydrogen-bond acceptors (Lipinski definition) is 6. The summed E-state index contributed by atoms with van der Waals surface area (Å²) < 4.78 is 0.859. The SMILES string of the molecule is CC(=O)N(c1nc(CN(C)CC(=O)Nc2ccc(Br)cn2)cs1)C1CC1. The minimum atomic E-state index is -0.138. The van der Waals surface area contributed by atoms with Gasteiger partial charge in [-0.3, -0.25) is 19.4 Å². The van der Waals surface area contributed by atoms with Crippen LogP contribution in [-0.2, 0) is 16.1 Å². The average molecular weight is 438 g/mol. The van der Waals surface area contributed by atoms with E-state index in [1.165, 1.54) is 11.3 Å². The number of nitrogens with zero attached hydrogens (tertiary/aromatic N) is 4. The van der Waals surface area contributed by atoms with Gasteiger partial charge >= 0.3 is 0 Å². The van der Waals surface area contributed by atoms with Crippen molar-refractivity contribution in [3.8, 4) is 0 Å². The van der Waals surface area contributed by atoms with Crippen LogP contribution in [0.1, 0.15) is 25.5 Å². The molecule has 1 saturated carbocycles. The van der Waals surface area contributed by atoms with E-state index in [2.05, 4.69) is 31.2 Å². The molecule has 26 heavy (non-hydrogen) atoms. The molecule has 1 aliphatic rings. The number of pyridine rings is 1. The standard InChI is InChI=1S/C17H20BrN5O2S/c1-11(24)23(14-4-5-14)17-20-13(10-26-17)8-22(2)9-16(25)21-15-6-3-12(18)7-19-15/h3,6-7,10,14H,4-5,8-9H2,1-2H3,(H,19,21,25). The van der Waals surface area contributed by atoms with Gasteiger partial charge in [-0.2, -0.15) is 0 Å². The van der Waals surface area contributed by atoms with Crippen molar-refractivity contribution >= 4 is 50.0 Å². The highest BCUT2D eigenvalue weighted by Gasteiger charge is 2.33. The van der Waals surface area contributed by atoms with E-state index in [1.54, 1.807) is 24.1 Å². The number of nitrogens with one attached hydrogen (secondary N) is 1. The van der Waals surface area contributed by atoms with Crippen molar-refractivity contribution in [3.63, 3.8) is 0 Å². The Labute approximate surface area is 164 Å². The molecule has 0 spiro atoms. The molecular formula is C17H20BrN5O2S. The maximum absolute atomic E-state index is 12.1. The first-order valence-corrected chi connectivity index (χ1v) is 9.94. The number of thiazole rings is 1. The molecule has 138 valence electrons. The molecule has 0 aromatic carbocycles. The predicted octanol–water partition coefficient (Wildman–Crippen LogP) is 2.89. The molecule has 1 aliphatic carbocycles. The van der Waals surface area contributed by atoms with Crippen LogP contribution in [0.3, 0.4) is 0 Å². The first kappa shape index (κ1) is 18.9. The third-order valence-corrected chi connectivity index (χ3v) is 5.20. The molecule has 9 heteroatoms. The van der Waals surface area contributed by atoms with Crippen LogP contribution >= 0.6 is 27.3 Å². The van der Waals surface area contributed by atoms with Crippen molar-refractivity contribution in [2.24, 2.45) is 0 Å². The first-order chi connectivity index (χ1) is 12.4. The zero-order chi connectivity index (χ0) is 18.7. The molecule has 1 N–H and O–H groups in total. The highest BCUT2D eigenvalue weighted by Crippen LogP contribution is 2.33. The van der Waals surface area contributed by atoms with Crippen LogP contribution in [0.25, 0.3) is 0 Å². The summed E-state index contributed by atoms with van der Waals surface area (Å²) in [4.78, 5) is 36.3. The van der Waals surface area contributed by atoms with Gasteiger partial charge in [-0.05, 0) is 48.0 Å². The van der Waals surface area contributed by atoms with E-state index in [4.69, 9.17) is 0 Å². The van der Waals surface area contributed by atoms with Crippen molar-refractivity contribution in [2.45, 2.75) is 32.4 Å². The number of hydrogen-bond donors (Lipinski definition) is 1. The summed E-state index contributed by atoms with van der Waals surface area (Å²) >= 11 is 4.78. The van der Waals surface area contributed by atoms with E-state index in [0.29, 0.717) is 18.4 Å². The maximum Gasteiger partial charge on any atom is 0.239 e. The van der Waals surface area contributed by atoms with Crippen molar-refractivity contribution < 1.29 is 9.59 Å². The number of amides is 2. The zero-order valence-electron chi connectivity index (χ0n) is 14.6. The van der Waals surface area contributed by atoms with Gasteiger partial charge in [0.1, 0.15) is 5.82 Å². The van der Waals surface area contributed by atoms with Crippen LogP contribution in [0.15, 0.2) is 28.2 Å². The fraction of sp³-hybridized carbons (Fsp3) is 0.412. The highest BCUT2D eigenvalue weighted by atomic mass is 79.9. The van der Waals surface area contributed by atoms with Crippen molar-refractivity contribution in [1.29, 1.82) is 0 Å². The van der Waals surface area contributed by atoms with Crippen LogP contribution in [-0.4, -0.2) is 46.3 Å². The van der Waals surface area contributed by atoms with Gasteiger partial charge in [0.25, 0.3) is 0 Å². The number of halogens is 1. The van der Waals surface area contributed by atoms with Gasteiger partial charge in [-0.25, -0.2) is 9.97 Å². The fourth-order valence-electron chi connectivity index (χ4n) is 2.57. The van der Waals surface area contributed by atoms with E-state index in [-0.39, 0.29) is 18.4 Å². The van der Waals surface area contributed by atoms with Crippen molar-refractivity contribution in [2.75, 3.05) is 23.8 Å². The smallest absolute Gasteiger partial charge is 0.239 e. The Morgan fingerprint density at radius 3 is 2.77 bits per heavy atom. The van der Waals surface area contributed by atoms with E-state index in [1.807, 2.05) is 23.4 Å². The molecule has 0 atom stereocenters. The van der Waals surface area contributed by atoms with E-state index >= 15 is 0 Å². The van der Waals surface area contributed by atoms with E-state index in [9.17, 15) is 9.59 Å². The molecule has 2 amide bonds. The van der Waals surface area contributed by atoms with Gasteiger partial charge < -0.3 is 5.32 Å². The second-order valence-corrected chi connectivity index (χ2v) is 8.08. The summed E-state index contributed by atoms with van der Waals surface area (Å²) in [6.45, 7) is 2.34. The normalized spacial score (nSPS) is 13.7. The lowest BCUT2D eigenvalue weighted by atomic mass is 10.4. The molecular weight excluding hydrogens is 418 g/mol. The Kier molecular flexibility index (Phi) is 6.00. The molecule has 0 bridgehead atoms. The third-order valence-electron chi connectivity index (χ3n) is 3.84. The summed E-state index contributed by atoms with van der Waals surface area (Å²) in [6.07, 6.45) is 3.72. The second kappa shape index (κ2) is 8.24. The lowest BCUT2D eigenvalue weighted by Gasteiger charge is -2.17. The summed E-state index contributed by atoms with van der Waals surface area (Å²) in [7, 11) is 1.86. The van der Waals surface area contributed by atoms with Gasteiger partial charge in [-0.1, -0.05) is 0 Å². The fourth-order valence-corrected chi connectivity index (χ4v) is 3.73. The molecule has 7 nitrogen and oxygen atoms in total. The summed E-state index contributed by atoms with van der Waals surface area (Å²) in [6, 6.07) is 3.86. The highest BCUT2D eigenvalue weighted by molar-refractivity contribution is 9.10.